The molecule has 0 atom stereocenters. The standard InChI is InChI=1S/C20H19ClN4OS2/c1-12-3-6-15(26-2)17-18(12)28-20(23-17)25-9-7-24(8-10-25)19-22-14-5-4-13(21)11-16(14)27-19/h3-6,11H,7-10H2,1-2H3. The number of thiazole rings is 2. The largest absolute Gasteiger partial charge is 0.494 e. The first kappa shape index (κ1) is 18.0. The summed E-state index contributed by atoms with van der Waals surface area (Å²) in [6.45, 7) is 5.84. The molecule has 0 bridgehead atoms. The Morgan fingerprint density at radius 1 is 0.964 bits per heavy atom. The third kappa shape index (κ3) is 3.07. The minimum atomic E-state index is 0.758. The molecule has 1 aliphatic heterocycles. The van der Waals surface area contributed by atoms with Crippen LogP contribution in [0.5, 0.6) is 5.75 Å². The third-order valence-electron chi connectivity index (χ3n) is 5.07. The molecule has 0 N–H and O–H groups in total. The number of fused-ring (bicyclic) bond motifs is 2. The summed E-state index contributed by atoms with van der Waals surface area (Å²) in [5.41, 5.74) is 3.22. The first-order valence-corrected chi connectivity index (χ1v) is 11.1. The van der Waals surface area contributed by atoms with Crippen molar-refractivity contribution in [2.24, 2.45) is 0 Å². The van der Waals surface area contributed by atoms with Crippen LogP contribution in [0.15, 0.2) is 30.3 Å². The second kappa shape index (κ2) is 7.06. The molecule has 1 aliphatic rings. The van der Waals surface area contributed by atoms with Crippen molar-refractivity contribution in [2.75, 3.05) is 43.1 Å². The van der Waals surface area contributed by atoms with Gasteiger partial charge in [0, 0.05) is 31.2 Å². The van der Waals surface area contributed by atoms with E-state index in [0.29, 0.717) is 0 Å². The van der Waals surface area contributed by atoms with E-state index in [4.69, 9.17) is 26.3 Å². The Hall–Kier alpha value is -2.09. The van der Waals surface area contributed by atoms with Gasteiger partial charge in [-0.3, -0.25) is 0 Å². The SMILES string of the molecule is COc1ccc(C)c2sc(N3CCN(c4nc5ccc(Cl)cc5s4)CC3)nc12. The summed E-state index contributed by atoms with van der Waals surface area (Å²) >= 11 is 9.57. The second-order valence-electron chi connectivity index (χ2n) is 6.84. The number of benzene rings is 2. The molecule has 1 fully saturated rings. The molecular weight excluding hydrogens is 412 g/mol. The van der Waals surface area contributed by atoms with Crippen molar-refractivity contribution >= 4 is 65.0 Å². The topological polar surface area (TPSA) is 41.5 Å². The van der Waals surface area contributed by atoms with Crippen LogP contribution in [0, 0.1) is 6.92 Å². The van der Waals surface area contributed by atoms with Crippen molar-refractivity contribution in [3.05, 3.63) is 40.9 Å². The Morgan fingerprint density at radius 3 is 2.39 bits per heavy atom. The van der Waals surface area contributed by atoms with Crippen molar-refractivity contribution in [2.45, 2.75) is 6.92 Å². The summed E-state index contributed by atoms with van der Waals surface area (Å²) < 4.78 is 7.84. The number of halogens is 1. The number of anilines is 2. The minimum Gasteiger partial charge on any atom is -0.494 e. The second-order valence-corrected chi connectivity index (χ2v) is 9.26. The zero-order valence-corrected chi connectivity index (χ0v) is 18.0. The normalized spacial score (nSPS) is 15.0. The number of piperazine rings is 1. The molecule has 0 radical (unpaired) electrons. The fourth-order valence-corrected chi connectivity index (χ4v) is 5.91. The van der Waals surface area contributed by atoms with E-state index in [0.717, 1.165) is 62.9 Å². The monoisotopic (exact) mass is 430 g/mol. The highest BCUT2D eigenvalue weighted by molar-refractivity contribution is 7.22. The number of hydrogen-bond acceptors (Lipinski definition) is 7. The average Bonchev–Trinajstić information content (AvgIpc) is 3.33. The van der Waals surface area contributed by atoms with Gasteiger partial charge >= 0.3 is 0 Å². The molecule has 0 aliphatic carbocycles. The number of ether oxygens (including phenoxy) is 1. The Labute approximate surface area is 176 Å². The zero-order valence-electron chi connectivity index (χ0n) is 15.6. The van der Waals surface area contributed by atoms with E-state index in [9.17, 15) is 0 Å². The molecule has 144 valence electrons. The molecule has 0 saturated carbocycles. The van der Waals surface area contributed by atoms with Crippen LogP contribution >= 0.6 is 34.3 Å². The van der Waals surface area contributed by atoms with Gasteiger partial charge in [0.15, 0.2) is 10.3 Å². The number of rotatable bonds is 3. The van der Waals surface area contributed by atoms with E-state index in [-0.39, 0.29) is 0 Å². The lowest BCUT2D eigenvalue weighted by Gasteiger charge is -2.34. The third-order valence-corrected chi connectivity index (χ3v) is 7.64. The molecule has 5 nitrogen and oxygen atoms in total. The Balaban J connectivity index is 1.36. The lowest BCUT2D eigenvalue weighted by molar-refractivity contribution is 0.419. The maximum atomic E-state index is 6.11. The Bertz CT molecular complexity index is 1160. The molecule has 3 heterocycles. The minimum absolute atomic E-state index is 0.758. The lowest BCUT2D eigenvalue weighted by atomic mass is 10.2. The summed E-state index contributed by atoms with van der Waals surface area (Å²) in [7, 11) is 1.70. The first-order chi connectivity index (χ1) is 13.6. The van der Waals surface area contributed by atoms with Gasteiger partial charge in [0.05, 0.1) is 22.0 Å². The highest BCUT2D eigenvalue weighted by Gasteiger charge is 2.23. The van der Waals surface area contributed by atoms with Gasteiger partial charge in [-0.05, 0) is 36.8 Å². The van der Waals surface area contributed by atoms with Gasteiger partial charge in [-0.25, -0.2) is 9.97 Å². The summed E-state index contributed by atoms with van der Waals surface area (Å²) in [6, 6.07) is 9.98. The van der Waals surface area contributed by atoms with Crippen LogP contribution in [-0.2, 0) is 0 Å². The summed E-state index contributed by atoms with van der Waals surface area (Å²) in [4.78, 5) is 14.4. The highest BCUT2D eigenvalue weighted by atomic mass is 35.5. The van der Waals surface area contributed by atoms with Gasteiger partial charge in [0.25, 0.3) is 0 Å². The predicted octanol–water partition coefficient (Wildman–Crippen LogP) is 5.20. The number of hydrogen-bond donors (Lipinski definition) is 0. The molecule has 0 amide bonds. The van der Waals surface area contributed by atoms with Crippen LogP contribution in [0.2, 0.25) is 5.02 Å². The van der Waals surface area contributed by atoms with Crippen molar-refractivity contribution in [3.63, 3.8) is 0 Å². The maximum absolute atomic E-state index is 6.11. The molecule has 2 aromatic heterocycles. The zero-order chi connectivity index (χ0) is 19.3. The Kier molecular flexibility index (Phi) is 4.53. The molecule has 0 spiro atoms. The highest BCUT2D eigenvalue weighted by Crippen LogP contribution is 2.37. The van der Waals surface area contributed by atoms with Gasteiger partial charge in [0.2, 0.25) is 0 Å². The maximum Gasteiger partial charge on any atom is 0.186 e. The van der Waals surface area contributed by atoms with Gasteiger partial charge in [-0.2, -0.15) is 0 Å². The van der Waals surface area contributed by atoms with E-state index in [2.05, 4.69) is 22.8 Å². The molecule has 1 saturated heterocycles. The van der Waals surface area contributed by atoms with Gasteiger partial charge in [0.1, 0.15) is 11.3 Å². The molecule has 5 rings (SSSR count). The average molecular weight is 431 g/mol. The summed E-state index contributed by atoms with van der Waals surface area (Å²) in [5, 5.41) is 2.89. The number of nitrogens with zero attached hydrogens (tertiary/aromatic N) is 4. The van der Waals surface area contributed by atoms with Gasteiger partial charge < -0.3 is 14.5 Å². The van der Waals surface area contributed by atoms with Crippen LogP contribution < -0.4 is 14.5 Å². The van der Waals surface area contributed by atoms with Crippen molar-refractivity contribution in [3.8, 4) is 5.75 Å². The van der Waals surface area contributed by atoms with Crippen LogP contribution in [0.4, 0.5) is 10.3 Å². The molecular formula is C20H19ClN4OS2. The molecule has 28 heavy (non-hydrogen) atoms. The van der Waals surface area contributed by atoms with E-state index < -0.39 is 0 Å². The Morgan fingerprint density at radius 2 is 1.68 bits per heavy atom. The number of aromatic nitrogens is 2. The summed E-state index contributed by atoms with van der Waals surface area (Å²) in [5.74, 6) is 0.842. The predicted molar refractivity (Wildman–Crippen MR) is 120 cm³/mol. The van der Waals surface area contributed by atoms with Crippen LogP contribution in [-0.4, -0.2) is 43.3 Å². The smallest absolute Gasteiger partial charge is 0.186 e. The fourth-order valence-electron chi connectivity index (χ4n) is 3.51. The van der Waals surface area contributed by atoms with Gasteiger partial charge in [-0.1, -0.05) is 40.3 Å². The molecule has 0 unspecified atom stereocenters. The quantitative estimate of drug-likeness (QED) is 0.446. The molecule has 4 aromatic rings. The van der Waals surface area contributed by atoms with Gasteiger partial charge in [-0.15, -0.1) is 0 Å². The van der Waals surface area contributed by atoms with E-state index >= 15 is 0 Å². The first-order valence-electron chi connectivity index (χ1n) is 9.12. The van der Waals surface area contributed by atoms with E-state index in [1.807, 2.05) is 24.3 Å². The van der Waals surface area contributed by atoms with E-state index in [1.165, 1.54) is 10.3 Å². The summed E-state index contributed by atoms with van der Waals surface area (Å²) in [6.07, 6.45) is 0. The number of aryl methyl sites for hydroxylation is 1. The van der Waals surface area contributed by atoms with Crippen LogP contribution in [0.3, 0.4) is 0 Å². The lowest BCUT2D eigenvalue weighted by Crippen LogP contribution is -2.46. The van der Waals surface area contributed by atoms with Crippen molar-refractivity contribution < 1.29 is 4.74 Å². The number of methoxy groups -OCH3 is 1. The van der Waals surface area contributed by atoms with Crippen LogP contribution in [0.25, 0.3) is 20.4 Å². The van der Waals surface area contributed by atoms with Crippen LogP contribution in [0.1, 0.15) is 5.56 Å². The van der Waals surface area contributed by atoms with Crippen molar-refractivity contribution in [1.29, 1.82) is 0 Å². The fraction of sp³-hybridized carbons (Fsp3) is 0.300. The molecule has 2 aromatic carbocycles. The van der Waals surface area contributed by atoms with Crippen molar-refractivity contribution in [1.82, 2.24) is 9.97 Å². The molecule has 8 heteroatoms. The van der Waals surface area contributed by atoms with E-state index in [1.54, 1.807) is 29.8 Å².